The van der Waals surface area contributed by atoms with Gasteiger partial charge in [0, 0.05) is 0 Å². The van der Waals surface area contributed by atoms with Crippen molar-refractivity contribution in [3.63, 3.8) is 0 Å². The van der Waals surface area contributed by atoms with Crippen molar-refractivity contribution in [1.29, 1.82) is 0 Å². The van der Waals surface area contributed by atoms with Crippen molar-refractivity contribution in [2.45, 2.75) is 33.2 Å². The molecule has 1 N–H and O–H groups in total. The predicted molar refractivity (Wildman–Crippen MR) is 34.4 cm³/mol. The third-order valence-corrected chi connectivity index (χ3v) is 3.25. The van der Waals surface area contributed by atoms with Crippen molar-refractivity contribution in [3.8, 4) is 0 Å². The van der Waals surface area contributed by atoms with Gasteiger partial charge in [0.25, 0.3) is 0 Å². The van der Waals surface area contributed by atoms with Gasteiger partial charge in [-0.2, -0.15) is 0 Å². The van der Waals surface area contributed by atoms with Crippen LogP contribution in [0, 0.1) is 0 Å². The molecule has 0 aromatic heterocycles. The third kappa shape index (κ3) is 4.11. The van der Waals surface area contributed by atoms with Gasteiger partial charge in [-0.05, 0) is 0 Å². The second-order valence-corrected chi connectivity index (χ2v) is 3.96. The number of hydrogen-bond donors (Lipinski definition) is 1. The van der Waals surface area contributed by atoms with Gasteiger partial charge in [-0.25, -0.2) is 0 Å². The molecule has 0 fully saturated rings. The molecular weight excluding hydrogens is 229 g/mol. The van der Waals surface area contributed by atoms with Crippen molar-refractivity contribution in [3.05, 3.63) is 0 Å². The summed E-state index contributed by atoms with van der Waals surface area (Å²) in [6.45, 7) is 7.41. The molecule has 3 heteroatoms. The van der Waals surface area contributed by atoms with Gasteiger partial charge < -0.3 is 0 Å². The van der Waals surface area contributed by atoms with Crippen molar-refractivity contribution >= 4 is 0 Å². The summed E-state index contributed by atoms with van der Waals surface area (Å²) in [5, 5.41) is 0. The summed E-state index contributed by atoms with van der Waals surface area (Å²) >= 11 is -0.672. The molecule has 0 unspecified atom stereocenters. The summed E-state index contributed by atoms with van der Waals surface area (Å²) in [6.07, 6.45) is 1.14. The van der Waals surface area contributed by atoms with Crippen LogP contribution < -0.4 is 21.9 Å². The molecule has 0 aliphatic rings. The standard InChI is InChI=1S/C6H15INO/c1-4-5-8(7-9)6(2)3/h6,9H,4-5H2,1-3H3/q-1. The summed E-state index contributed by atoms with van der Waals surface area (Å²) < 4.78 is 11.0. The van der Waals surface area contributed by atoms with Gasteiger partial charge in [-0.15, -0.1) is 0 Å². The van der Waals surface area contributed by atoms with E-state index in [9.17, 15) is 0 Å². The molecule has 0 radical (unpaired) electrons. The summed E-state index contributed by atoms with van der Waals surface area (Å²) in [6, 6.07) is 0.516. The fraction of sp³-hybridized carbons (Fsp3) is 1.00. The Bertz CT molecular complexity index is 68.1. The first kappa shape index (κ1) is 9.65. The molecule has 0 aliphatic heterocycles. The maximum absolute atomic E-state index is 8.86. The Morgan fingerprint density at radius 2 is 2.11 bits per heavy atom. The average Bonchev–Trinajstić information content (AvgIpc) is 1.82. The first-order valence-electron chi connectivity index (χ1n) is 3.27. The van der Waals surface area contributed by atoms with Gasteiger partial charge in [0.15, 0.2) is 0 Å². The van der Waals surface area contributed by atoms with E-state index < -0.39 is 21.9 Å². The van der Waals surface area contributed by atoms with Crippen LogP contribution in [-0.4, -0.2) is 19.1 Å². The molecule has 0 heterocycles. The zero-order chi connectivity index (χ0) is 7.28. The van der Waals surface area contributed by atoms with Crippen LogP contribution in [0.2, 0.25) is 0 Å². The second kappa shape index (κ2) is 5.44. The third-order valence-electron chi connectivity index (χ3n) is 1.09. The summed E-state index contributed by atoms with van der Waals surface area (Å²) in [5.41, 5.74) is 0. The van der Waals surface area contributed by atoms with E-state index in [1.807, 2.05) is 0 Å². The fourth-order valence-corrected chi connectivity index (χ4v) is 1.79. The molecule has 2 nitrogen and oxygen atoms in total. The van der Waals surface area contributed by atoms with E-state index in [4.69, 9.17) is 3.44 Å². The van der Waals surface area contributed by atoms with E-state index in [2.05, 4.69) is 23.9 Å². The minimum absolute atomic E-state index is 0.516. The number of rotatable bonds is 4. The monoisotopic (exact) mass is 244 g/mol. The van der Waals surface area contributed by atoms with Crippen LogP contribution in [0.5, 0.6) is 0 Å². The van der Waals surface area contributed by atoms with Crippen molar-refractivity contribution in [2.75, 3.05) is 6.54 Å². The fourth-order valence-electron chi connectivity index (χ4n) is 0.597. The van der Waals surface area contributed by atoms with Crippen LogP contribution in [0.25, 0.3) is 0 Å². The normalized spacial score (nSPS) is 11.8. The summed E-state index contributed by atoms with van der Waals surface area (Å²) in [5.74, 6) is 0. The van der Waals surface area contributed by atoms with Gasteiger partial charge in [-0.1, -0.05) is 0 Å². The van der Waals surface area contributed by atoms with Gasteiger partial charge >= 0.3 is 68.2 Å². The Morgan fingerprint density at radius 3 is 2.22 bits per heavy atom. The molecule has 0 saturated heterocycles. The van der Waals surface area contributed by atoms with Crippen LogP contribution >= 0.6 is 0 Å². The summed E-state index contributed by atoms with van der Waals surface area (Å²) in [4.78, 5) is 0. The molecular formula is C6H15INO-. The van der Waals surface area contributed by atoms with E-state index >= 15 is 0 Å². The van der Waals surface area contributed by atoms with Gasteiger partial charge in [0.1, 0.15) is 0 Å². The van der Waals surface area contributed by atoms with E-state index in [0.717, 1.165) is 13.0 Å². The number of halogens is 1. The van der Waals surface area contributed by atoms with Gasteiger partial charge in [-0.3, -0.25) is 0 Å². The molecule has 0 aromatic carbocycles. The second-order valence-electron chi connectivity index (χ2n) is 2.29. The molecule has 9 heavy (non-hydrogen) atoms. The van der Waals surface area contributed by atoms with E-state index in [-0.39, 0.29) is 0 Å². The van der Waals surface area contributed by atoms with E-state index in [1.165, 1.54) is 0 Å². The SMILES string of the molecule is CCCN([I-]O)C(C)C. The molecule has 0 saturated carbocycles. The molecule has 0 aliphatic carbocycles. The Balaban J connectivity index is 3.41. The molecule has 0 atom stereocenters. The molecule has 58 valence electrons. The van der Waals surface area contributed by atoms with Crippen LogP contribution in [0.15, 0.2) is 0 Å². The number of nitrogens with zero attached hydrogens (tertiary/aromatic N) is 1. The summed E-state index contributed by atoms with van der Waals surface area (Å²) in [7, 11) is 0. The molecule has 0 spiro atoms. The zero-order valence-electron chi connectivity index (χ0n) is 6.26. The van der Waals surface area contributed by atoms with Crippen molar-refractivity contribution in [1.82, 2.24) is 3.11 Å². The topological polar surface area (TPSA) is 23.5 Å². The minimum atomic E-state index is -0.672. The van der Waals surface area contributed by atoms with Crippen molar-refractivity contribution < 1.29 is 25.3 Å². The predicted octanol–water partition coefficient (Wildman–Crippen LogP) is -1.98. The Morgan fingerprint density at radius 1 is 1.56 bits per heavy atom. The Kier molecular flexibility index (Phi) is 5.83. The first-order chi connectivity index (χ1) is 4.22. The Labute approximate surface area is 68.4 Å². The van der Waals surface area contributed by atoms with E-state index in [0.29, 0.717) is 6.04 Å². The molecule has 0 amide bonds. The number of hydrogen-bond acceptors (Lipinski definition) is 2. The zero-order valence-corrected chi connectivity index (χ0v) is 8.42. The quantitative estimate of drug-likeness (QED) is 0.457. The average molecular weight is 244 g/mol. The van der Waals surface area contributed by atoms with Crippen LogP contribution in [0.4, 0.5) is 0 Å². The van der Waals surface area contributed by atoms with Crippen LogP contribution in [0.3, 0.4) is 0 Å². The first-order valence-corrected chi connectivity index (χ1v) is 5.20. The molecule has 0 aromatic rings. The van der Waals surface area contributed by atoms with Gasteiger partial charge in [0.05, 0.1) is 0 Å². The van der Waals surface area contributed by atoms with Crippen LogP contribution in [0.1, 0.15) is 27.2 Å². The molecule has 0 rings (SSSR count). The Hall–Kier alpha value is 0.650. The van der Waals surface area contributed by atoms with Crippen molar-refractivity contribution in [2.24, 2.45) is 0 Å². The van der Waals surface area contributed by atoms with Crippen LogP contribution in [-0.2, 0) is 0 Å². The van der Waals surface area contributed by atoms with E-state index in [1.54, 1.807) is 0 Å². The maximum atomic E-state index is 8.86. The molecule has 0 bridgehead atoms. The van der Waals surface area contributed by atoms with Gasteiger partial charge in [0.2, 0.25) is 0 Å².